The van der Waals surface area contributed by atoms with Crippen LogP contribution >= 0.6 is 11.3 Å². The van der Waals surface area contributed by atoms with Gasteiger partial charge in [0.15, 0.2) is 5.13 Å². The zero-order chi connectivity index (χ0) is 24.5. The van der Waals surface area contributed by atoms with Gasteiger partial charge in [0.2, 0.25) is 0 Å². The molecule has 1 aliphatic rings. The molecule has 8 nitrogen and oxygen atoms in total. The summed E-state index contributed by atoms with van der Waals surface area (Å²) < 4.78 is 7.18. The molecule has 1 atom stereocenters. The number of carboxylic acid groups (broad SMARTS) is 2. The predicted octanol–water partition coefficient (Wildman–Crippen LogP) is 1.46. The first-order chi connectivity index (χ1) is 16.3. The molecule has 0 radical (unpaired) electrons. The molecule has 4 rings (SSSR count). The Hall–Kier alpha value is -3.17. The van der Waals surface area contributed by atoms with E-state index in [0.29, 0.717) is 6.04 Å². The van der Waals surface area contributed by atoms with E-state index < -0.39 is 11.9 Å². The van der Waals surface area contributed by atoms with Gasteiger partial charge in [-0.3, -0.25) is 0 Å². The number of aryl methyl sites for hydroxylation is 1. The van der Waals surface area contributed by atoms with Gasteiger partial charge in [-0.2, -0.15) is 0 Å². The van der Waals surface area contributed by atoms with E-state index in [1.165, 1.54) is 29.6 Å². The Morgan fingerprint density at radius 1 is 1.18 bits per heavy atom. The minimum absolute atomic E-state index is 0.534. The van der Waals surface area contributed by atoms with Crippen molar-refractivity contribution in [1.82, 2.24) is 9.88 Å². The molecule has 2 heterocycles. The molecular weight excluding hydrogens is 454 g/mol. The molecule has 3 aromatic rings. The quantitative estimate of drug-likeness (QED) is 0.367. The minimum Gasteiger partial charge on any atom is -0.543 e. The number of piperidine rings is 1. The number of nitrogens with zero attached hydrogens (tertiary/aromatic N) is 3. The fourth-order valence-electron chi connectivity index (χ4n) is 3.90. The van der Waals surface area contributed by atoms with E-state index >= 15 is 0 Å². The third-order valence-corrected chi connectivity index (χ3v) is 6.78. The van der Waals surface area contributed by atoms with E-state index in [1.807, 2.05) is 6.07 Å². The maximum absolute atomic E-state index is 8.93. The lowest BCUT2D eigenvalue weighted by atomic mass is 10.0. The molecule has 2 aromatic carbocycles. The zero-order valence-corrected chi connectivity index (χ0v) is 20.3. The van der Waals surface area contributed by atoms with Gasteiger partial charge in [-0.05, 0) is 62.6 Å². The van der Waals surface area contributed by atoms with Gasteiger partial charge in [-0.1, -0.05) is 35.6 Å². The van der Waals surface area contributed by atoms with Gasteiger partial charge in [-0.15, -0.1) is 0 Å². The van der Waals surface area contributed by atoms with Crippen LogP contribution in [0, 0.1) is 6.92 Å². The highest BCUT2D eigenvalue weighted by atomic mass is 32.1. The molecule has 0 bridgehead atoms. The van der Waals surface area contributed by atoms with Gasteiger partial charge in [0.05, 0.1) is 28.8 Å². The number of rotatable bonds is 7. The summed E-state index contributed by atoms with van der Waals surface area (Å²) in [7, 11) is 2.20. The number of para-hydroxylation sites is 1. The number of carbonyl (C=O) groups excluding carboxylic acids is 2. The number of aromatic nitrogens is 1. The monoisotopic (exact) mass is 483 g/mol. The average molecular weight is 484 g/mol. The molecule has 1 saturated heterocycles. The van der Waals surface area contributed by atoms with Gasteiger partial charge in [0.25, 0.3) is 0 Å². The van der Waals surface area contributed by atoms with Crippen LogP contribution in [0.4, 0.5) is 5.13 Å². The summed E-state index contributed by atoms with van der Waals surface area (Å²) >= 11 is 1.80. The van der Waals surface area contributed by atoms with E-state index in [2.05, 4.69) is 66.2 Å². The predicted molar refractivity (Wildman–Crippen MR) is 129 cm³/mol. The van der Waals surface area contributed by atoms with Crippen LogP contribution < -0.4 is 19.8 Å². The lowest BCUT2D eigenvalue weighted by molar-refractivity contribution is -0.345. The van der Waals surface area contributed by atoms with Crippen molar-refractivity contribution < 1.29 is 24.5 Å². The molecule has 1 fully saturated rings. The Balaban J connectivity index is 0.000000481. The highest BCUT2D eigenvalue weighted by Crippen LogP contribution is 2.30. The smallest absolute Gasteiger partial charge is 0.186 e. The van der Waals surface area contributed by atoms with Gasteiger partial charge in [-0.25, -0.2) is 4.98 Å². The van der Waals surface area contributed by atoms with Crippen molar-refractivity contribution in [3.63, 3.8) is 0 Å². The first kappa shape index (κ1) is 25.5. The third kappa shape index (κ3) is 7.43. The van der Waals surface area contributed by atoms with Crippen LogP contribution in [0.15, 0.2) is 48.5 Å². The van der Waals surface area contributed by atoms with Crippen LogP contribution in [-0.2, 0) is 9.59 Å². The van der Waals surface area contributed by atoms with E-state index in [4.69, 9.17) is 29.5 Å². The summed E-state index contributed by atoms with van der Waals surface area (Å²) in [6, 6.07) is 17.2. The van der Waals surface area contributed by atoms with E-state index in [0.717, 1.165) is 42.5 Å². The maximum atomic E-state index is 8.93. The molecule has 0 spiro atoms. The summed E-state index contributed by atoms with van der Waals surface area (Å²) in [5, 5.41) is 19.0. The van der Waals surface area contributed by atoms with Crippen LogP contribution in [0.5, 0.6) is 5.75 Å². The molecule has 34 heavy (non-hydrogen) atoms. The summed E-state index contributed by atoms with van der Waals surface area (Å²) in [6.07, 6.45) is 3.55. The van der Waals surface area contributed by atoms with Crippen LogP contribution in [0.1, 0.15) is 24.8 Å². The molecule has 182 valence electrons. The van der Waals surface area contributed by atoms with Gasteiger partial charge >= 0.3 is 0 Å². The highest BCUT2D eigenvalue weighted by Gasteiger charge is 2.24. The first-order valence-electron chi connectivity index (χ1n) is 11.3. The molecule has 1 unspecified atom stereocenters. The molecule has 1 aliphatic heterocycles. The average Bonchev–Trinajstić information content (AvgIpc) is 3.26. The molecule has 0 aliphatic carbocycles. The number of benzene rings is 2. The third-order valence-electron chi connectivity index (χ3n) is 5.66. The van der Waals surface area contributed by atoms with Crippen LogP contribution in [-0.4, -0.2) is 61.2 Å². The number of hydrogen-bond acceptors (Lipinski definition) is 9. The lowest BCUT2D eigenvalue weighted by Crippen LogP contribution is -2.47. The number of anilines is 1. The molecule has 1 aromatic heterocycles. The number of likely N-dealkylation sites (N-methyl/N-ethyl adjacent to an activating group) is 1. The van der Waals surface area contributed by atoms with E-state index in [1.54, 1.807) is 11.3 Å². The first-order valence-corrected chi connectivity index (χ1v) is 12.1. The van der Waals surface area contributed by atoms with Crippen molar-refractivity contribution in [2.45, 2.75) is 32.2 Å². The maximum Gasteiger partial charge on any atom is 0.186 e. The number of thiazole rings is 1. The van der Waals surface area contributed by atoms with Crippen molar-refractivity contribution in [3.05, 3.63) is 54.1 Å². The van der Waals surface area contributed by atoms with Crippen molar-refractivity contribution in [3.8, 4) is 5.75 Å². The Morgan fingerprint density at radius 2 is 1.94 bits per heavy atom. The summed E-state index contributed by atoms with van der Waals surface area (Å²) in [4.78, 5) is 27.7. The molecule has 9 heteroatoms. The van der Waals surface area contributed by atoms with Crippen molar-refractivity contribution in [2.24, 2.45) is 0 Å². The standard InChI is InChI=1S/C23H29N3OS.C2H2O4/c1-18-8-5-10-20(16-18)27-15-7-14-26-13-6-9-19(17-26)25(2)23-24-21-11-3-4-12-22(21)28-23;3-1(4)2(5)6/h3-5,8,10-12,16,19H,6-7,9,13-15,17H2,1-2H3;(H,3,4)(H,5,6)/p-2. The molecule has 0 saturated carbocycles. The second-order valence-corrected chi connectivity index (χ2v) is 9.27. The second-order valence-electron chi connectivity index (χ2n) is 8.27. The fraction of sp³-hybridized carbons (Fsp3) is 0.400. The Morgan fingerprint density at radius 3 is 2.65 bits per heavy atom. The van der Waals surface area contributed by atoms with Gasteiger partial charge < -0.3 is 34.3 Å². The number of fused-ring (bicyclic) bond motifs is 1. The van der Waals surface area contributed by atoms with Crippen molar-refractivity contribution >= 4 is 38.6 Å². The summed E-state index contributed by atoms with van der Waals surface area (Å²) in [5.41, 5.74) is 2.35. The zero-order valence-electron chi connectivity index (χ0n) is 19.4. The van der Waals surface area contributed by atoms with Gasteiger partial charge in [0, 0.05) is 26.2 Å². The number of ether oxygens (including phenoxy) is 1. The number of aliphatic carboxylic acids is 2. The van der Waals surface area contributed by atoms with Crippen molar-refractivity contribution in [2.75, 3.05) is 38.2 Å². The van der Waals surface area contributed by atoms with E-state index in [-0.39, 0.29) is 0 Å². The largest absolute Gasteiger partial charge is 0.543 e. The van der Waals surface area contributed by atoms with Crippen LogP contribution in [0.2, 0.25) is 0 Å². The molecule has 0 N–H and O–H groups in total. The SMILES string of the molecule is Cc1cccc(OCCCN2CCCC(N(C)c3nc4ccccc4s3)C2)c1.O=C([O-])C(=O)[O-]. The van der Waals surface area contributed by atoms with Crippen molar-refractivity contribution in [1.29, 1.82) is 0 Å². The normalized spacial score (nSPS) is 15.9. The van der Waals surface area contributed by atoms with Crippen LogP contribution in [0.3, 0.4) is 0 Å². The highest BCUT2D eigenvalue weighted by molar-refractivity contribution is 7.22. The Bertz CT molecular complexity index is 1060. The molecule has 0 amide bonds. The summed E-state index contributed by atoms with van der Waals surface area (Å²) in [5.74, 6) is -3.39. The Kier molecular flexibility index (Phi) is 9.24. The second kappa shape index (κ2) is 12.3. The Labute approximate surface area is 203 Å². The molecular formula is C25H29N3O5S-2. The number of carboxylic acids is 2. The fourth-order valence-corrected chi connectivity index (χ4v) is 4.90. The number of likely N-dealkylation sites (tertiary alicyclic amines) is 1. The lowest BCUT2D eigenvalue weighted by Gasteiger charge is -2.37. The van der Waals surface area contributed by atoms with E-state index in [9.17, 15) is 0 Å². The summed E-state index contributed by atoms with van der Waals surface area (Å²) in [6.45, 7) is 6.27. The topological polar surface area (TPSA) is 109 Å². The minimum atomic E-state index is -2.19. The number of hydrogen-bond donors (Lipinski definition) is 0. The number of carbonyl (C=O) groups is 2. The van der Waals surface area contributed by atoms with Gasteiger partial charge in [0.1, 0.15) is 5.75 Å². The van der Waals surface area contributed by atoms with Crippen LogP contribution in [0.25, 0.3) is 10.2 Å².